The van der Waals surface area contributed by atoms with Crippen LogP contribution in [0.5, 0.6) is 5.75 Å². The number of hydrogen-bond donors (Lipinski definition) is 0. The van der Waals surface area contributed by atoms with E-state index in [0.717, 1.165) is 13.2 Å². The fourth-order valence-electron chi connectivity index (χ4n) is 1.32. The van der Waals surface area contributed by atoms with Crippen LogP contribution in [0.2, 0.25) is 0 Å². The van der Waals surface area contributed by atoms with Crippen molar-refractivity contribution in [3.63, 3.8) is 0 Å². The zero-order valence-electron chi connectivity index (χ0n) is 8.78. The van der Waals surface area contributed by atoms with Gasteiger partial charge in [0.25, 0.3) is 0 Å². The van der Waals surface area contributed by atoms with Gasteiger partial charge < -0.3 is 4.74 Å². The van der Waals surface area contributed by atoms with Crippen LogP contribution in [-0.2, 0) is 12.4 Å². The minimum Gasteiger partial charge on any atom is -0.496 e. The van der Waals surface area contributed by atoms with Crippen molar-refractivity contribution >= 4 is 0 Å². The molecule has 0 saturated carbocycles. The first-order valence-electron chi connectivity index (χ1n) is 4.37. The summed E-state index contributed by atoms with van der Waals surface area (Å²) in [4.78, 5) is 0. The smallest absolute Gasteiger partial charge is 0.421 e. The van der Waals surface area contributed by atoms with E-state index in [0.29, 0.717) is 0 Å². The molecule has 0 radical (unpaired) electrons. The highest BCUT2D eigenvalue weighted by Crippen LogP contribution is 2.42. The number of rotatable bonds is 1. The molecule has 0 atom stereocenters. The van der Waals surface area contributed by atoms with E-state index >= 15 is 0 Å². The summed E-state index contributed by atoms with van der Waals surface area (Å²) >= 11 is 0. The third kappa shape index (κ3) is 2.67. The van der Waals surface area contributed by atoms with Crippen LogP contribution in [-0.4, -0.2) is 7.11 Å². The molecular formula is C10H5F6NO. The van der Waals surface area contributed by atoms with Gasteiger partial charge in [-0.1, -0.05) is 0 Å². The zero-order chi connectivity index (χ0) is 14.1. The second-order valence-electron chi connectivity index (χ2n) is 3.21. The largest absolute Gasteiger partial charge is 0.496 e. The standard InChI is InChI=1S/C10H5F6NO/c1-18-7-3-6(9(11,12)13)2-5(4-17)8(7)10(14,15)16/h2-3H,1H3. The highest BCUT2D eigenvalue weighted by molar-refractivity contribution is 5.51. The van der Waals surface area contributed by atoms with Crippen LogP contribution >= 0.6 is 0 Å². The van der Waals surface area contributed by atoms with Gasteiger partial charge in [0.2, 0.25) is 0 Å². The average molecular weight is 269 g/mol. The van der Waals surface area contributed by atoms with Gasteiger partial charge in [-0.05, 0) is 12.1 Å². The van der Waals surface area contributed by atoms with Crippen LogP contribution in [0.15, 0.2) is 12.1 Å². The summed E-state index contributed by atoms with van der Waals surface area (Å²) < 4.78 is 79.3. The summed E-state index contributed by atoms with van der Waals surface area (Å²) in [5, 5.41) is 8.52. The van der Waals surface area contributed by atoms with Crippen molar-refractivity contribution in [3.05, 3.63) is 28.8 Å². The van der Waals surface area contributed by atoms with Crippen molar-refractivity contribution in [1.29, 1.82) is 5.26 Å². The molecule has 0 N–H and O–H groups in total. The lowest BCUT2D eigenvalue weighted by molar-refractivity contribution is -0.142. The van der Waals surface area contributed by atoms with Gasteiger partial charge in [0.15, 0.2) is 0 Å². The molecule has 1 rings (SSSR count). The lowest BCUT2D eigenvalue weighted by atomic mass is 10.0. The molecule has 0 aliphatic carbocycles. The molecular weight excluding hydrogens is 264 g/mol. The predicted octanol–water partition coefficient (Wildman–Crippen LogP) is 3.60. The maximum Gasteiger partial charge on any atom is 0.421 e. The number of halogens is 6. The normalized spacial score (nSPS) is 12.1. The molecule has 18 heavy (non-hydrogen) atoms. The SMILES string of the molecule is COc1cc(C(F)(F)F)cc(C#N)c1C(F)(F)F. The first-order valence-corrected chi connectivity index (χ1v) is 4.37. The quantitative estimate of drug-likeness (QED) is 0.730. The maximum absolute atomic E-state index is 12.6. The van der Waals surface area contributed by atoms with Crippen LogP contribution in [0.1, 0.15) is 16.7 Å². The molecule has 8 heteroatoms. The summed E-state index contributed by atoms with van der Waals surface area (Å²) in [6.07, 6.45) is -9.83. The highest BCUT2D eigenvalue weighted by Gasteiger charge is 2.40. The van der Waals surface area contributed by atoms with E-state index in [2.05, 4.69) is 4.74 Å². The number of benzene rings is 1. The summed E-state index contributed by atoms with van der Waals surface area (Å²) in [6, 6.07) is 1.45. The molecule has 0 heterocycles. The Hall–Kier alpha value is -1.91. The van der Waals surface area contributed by atoms with E-state index in [1.54, 1.807) is 0 Å². The summed E-state index contributed by atoms with van der Waals surface area (Å²) in [6.45, 7) is 0. The van der Waals surface area contributed by atoms with Crippen molar-refractivity contribution in [1.82, 2.24) is 0 Å². The van der Waals surface area contributed by atoms with E-state index in [1.165, 1.54) is 0 Å². The monoisotopic (exact) mass is 269 g/mol. The van der Waals surface area contributed by atoms with Crippen molar-refractivity contribution in [2.24, 2.45) is 0 Å². The molecule has 0 aromatic heterocycles. The van der Waals surface area contributed by atoms with E-state index in [1.807, 2.05) is 0 Å². The van der Waals surface area contributed by atoms with Crippen LogP contribution in [0.25, 0.3) is 0 Å². The lowest BCUT2D eigenvalue weighted by Crippen LogP contribution is -2.13. The molecule has 0 spiro atoms. The Morgan fingerprint density at radius 1 is 1.06 bits per heavy atom. The Bertz CT molecular complexity index is 497. The molecule has 0 bridgehead atoms. The number of methoxy groups -OCH3 is 1. The third-order valence-corrected chi connectivity index (χ3v) is 2.05. The van der Waals surface area contributed by atoms with Crippen LogP contribution in [0.3, 0.4) is 0 Å². The molecule has 0 aliphatic rings. The van der Waals surface area contributed by atoms with E-state index in [4.69, 9.17) is 5.26 Å². The van der Waals surface area contributed by atoms with Crippen LogP contribution < -0.4 is 4.74 Å². The average Bonchev–Trinajstić information content (AvgIpc) is 2.24. The number of nitriles is 1. The van der Waals surface area contributed by atoms with Crippen molar-refractivity contribution < 1.29 is 31.1 Å². The second-order valence-corrected chi connectivity index (χ2v) is 3.21. The van der Waals surface area contributed by atoms with Crippen molar-refractivity contribution in [2.45, 2.75) is 12.4 Å². The van der Waals surface area contributed by atoms with Gasteiger partial charge >= 0.3 is 12.4 Å². The van der Waals surface area contributed by atoms with Crippen LogP contribution in [0.4, 0.5) is 26.3 Å². The Morgan fingerprint density at radius 2 is 1.61 bits per heavy atom. The summed E-state index contributed by atoms with van der Waals surface area (Å²) in [5.41, 5.74) is -4.02. The van der Waals surface area contributed by atoms with Gasteiger partial charge in [0.05, 0.1) is 24.3 Å². The third-order valence-electron chi connectivity index (χ3n) is 2.05. The van der Waals surface area contributed by atoms with Gasteiger partial charge in [-0.25, -0.2) is 0 Å². The lowest BCUT2D eigenvalue weighted by Gasteiger charge is -2.16. The maximum atomic E-state index is 12.6. The predicted molar refractivity (Wildman–Crippen MR) is 47.7 cm³/mol. The first kappa shape index (κ1) is 14.2. The summed E-state index contributed by atoms with van der Waals surface area (Å²) in [7, 11) is 0.798. The fourth-order valence-corrected chi connectivity index (χ4v) is 1.32. The fraction of sp³-hybridized carbons (Fsp3) is 0.300. The Labute approximate surface area is 97.4 Å². The highest BCUT2D eigenvalue weighted by atomic mass is 19.4. The Kier molecular flexibility index (Phi) is 3.46. The van der Waals surface area contributed by atoms with Gasteiger partial charge in [-0.15, -0.1) is 0 Å². The second kappa shape index (κ2) is 4.40. The molecule has 0 fully saturated rings. The molecule has 1 aromatic rings. The van der Waals surface area contributed by atoms with E-state index in [-0.39, 0.29) is 12.1 Å². The van der Waals surface area contributed by atoms with Gasteiger partial charge in [0.1, 0.15) is 11.3 Å². The number of alkyl halides is 6. The molecule has 0 amide bonds. The van der Waals surface area contributed by atoms with E-state index in [9.17, 15) is 26.3 Å². The molecule has 98 valence electrons. The zero-order valence-corrected chi connectivity index (χ0v) is 8.78. The minimum atomic E-state index is -4.97. The first-order chi connectivity index (χ1) is 8.11. The number of hydrogen-bond acceptors (Lipinski definition) is 2. The summed E-state index contributed by atoms with van der Waals surface area (Å²) in [5.74, 6) is -1.03. The molecule has 1 aromatic carbocycles. The molecule has 0 saturated heterocycles. The van der Waals surface area contributed by atoms with Crippen LogP contribution in [0, 0.1) is 11.3 Å². The molecule has 0 unspecified atom stereocenters. The number of nitrogens with zero attached hydrogens (tertiary/aromatic N) is 1. The topological polar surface area (TPSA) is 33.0 Å². The minimum absolute atomic E-state index is 0.144. The van der Waals surface area contributed by atoms with Gasteiger partial charge in [0, 0.05) is 0 Å². The van der Waals surface area contributed by atoms with E-state index < -0.39 is 34.8 Å². The molecule has 0 aliphatic heterocycles. The van der Waals surface area contributed by atoms with Gasteiger partial charge in [-0.2, -0.15) is 31.6 Å². The Balaban J connectivity index is 3.62. The number of ether oxygens (including phenoxy) is 1. The van der Waals surface area contributed by atoms with Crippen molar-refractivity contribution in [3.8, 4) is 11.8 Å². The van der Waals surface area contributed by atoms with Crippen molar-refractivity contribution in [2.75, 3.05) is 7.11 Å². The van der Waals surface area contributed by atoms with Gasteiger partial charge in [-0.3, -0.25) is 0 Å². The molecule has 2 nitrogen and oxygen atoms in total. The Morgan fingerprint density at radius 3 is 1.94 bits per heavy atom.